The maximum Gasteiger partial charge on any atom is 0.234 e. The molecule has 1 atom stereocenters. The molecule has 1 rings (SSSR count). The molecule has 0 aliphatic heterocycles. The van der Waals surface area contributed by atoms with Gasteiger partial charge in [-0.1, -0.05) is 18.2 Å². The third-order valence-corrected chi connectivity index (χ3v) is 1.93. The van der Waals surface area contributed by atoms with Gasteiger partial charge in [-0.25, -0.2) is 4.39 Å². The average molecular weight is 196 g/mol. The molecular formula is C10H13FN2O. The molecule has 0 fully saturated rings. The lowest BCUT2D eigenvalue weighted by atomic mass is 10.1. The van der Waals surface area contributed by atoms with E-state index in [9.17, 15) is 9.18 Å². The van der Waals surface area contributed by atoms with Crippen LogP contribution in [0.15, 0.2) is 24.3 Å². The highest BCUT2D eigenvalue weighted by Gasteiger charge is 2.11. The van der Waals surface area contributed by atoms with E-state index >= 15 is 0 Å². The van der Waals surface area contributed by atoms with E-state index in [0.29, 0.717) is 5.56 Å². The van der Waals surface area contributed by atoms with E-state index in [1.807, 2.05) is 0 Å². The lowest BCUT2D eigenvalue weighted by Gasteiger charge is -2.13. The van der Waals surface area contributed by atoms with Crippen LogP contribution in [-0.4, -0.2) is 12.5 Å². The van der Waals surface area contributed by atoms with Crippen LogP contribution >= 0.6 is 0 Å². The first-order valence-electron chi connectivity index (χ1n) is 4.39. The molecule has 0 aromatic heterocycles. The maximum atomic E-state index is 13.2. The number of carbonyl (C=O) groups excluding carboxylic acids is 1. The molecule has 0 radical (unpaired) electrons. The molecule has 3 nitrogen and oxygen atoms in total. The predicted molar refractivity (Wildman–Crippen MR) is 52.0 cm³/mol. The summed E-state index contributed by atoms with van der Waals surface area (Å²) < 4.78 is 13.2. The number of amides is 1. The van der Waals surface area contributed by atoms with Crippen LogP contribution in [0.3, 0.4) is 0 Å². The van der Waals surface area contributed by atoms with E-state index in [-0.39, 0.29) is 24.3 Å². The summed E-state index contributed by atoms with van der Waals surface area (Å²) in [6.45, 7) is 1.63. The number of hydrogen-bond donors (Lipinski definition) is 2. The number of hydrogen-bond acceptors (Lipinski definition) is 2. The monoisotopic (exact) mass is 196 g/mol. The molecule has 0 heterocycles. The summed E-state index contributed by atoms with van der Waals surface area (Å²) in [4.78, 5) is 10.9. The van der Waals surface area contributed by atoms with Crippen molar-refractivity contribution < 1.29 is 9.18 Å². The van der Waals surface area contributed by atoms with Crippen LogP contribution < -0.4 is 11.1 Å². The smallest absolute Gasteiger partial charge is 0.234 e. The van der Waals surface area contributed by atoms with Crippen LogP contribution in [0.1, 0.15) is 18.5 Å². The molecule has 0 bridgehead atoms. The van der Waals surface area contributed by atoms with Gasteiger partial charge in [0.15, 0.2) is 0 Å². The second-order valence-corrected chi connectivity index (χ2v) is 3.01. The number of carbonyl (C=O) groups is 1. The Morgan fingerprint density at radius 2 is 2.21 bits per heavy atom. The zero-order chi connectivity index (χ0) is 10.6. The van der Waals surface area contributed by atoms with Crippen LogP contribution in [0.4, 0.5) is 4.39 Å². The van der Waals surface area contributed by atoms with Crippen LogP contribution in [0.25, 0.3) is 0 Å². The molecule has 0 unspecified atom stereocenters. The van der Waals surface area contributed by atoms with Crippen molar-refractivity contribution in [2.24, 2.45) is 5.73 Å². The van der Waals surface area contributed by atoms with Crippen molar-refractivity contribution in [1.82, 2.24) is 5.32 Å². The number of nitrogens with two attached hydrogens (primary N) is 1. The Balaban J connectivity index is 2.74. The second kappa shape index (κ2) is 4.72. The molecular weight excluding hydrogens is 183 g/mol. The molecule has 4 heteroatoms. The van der Waals surface area contributed by atoms with Crippen molar-refractivity contribution in [3.8, 4) is 0 Å². The van der Waals surface area contributed by atoms with E-state index < -0.39 is 0 Å². The van der Waals surface area contributed by atoms with E-state index in [4.69, 9.17) is 5.73 Å². The van der Waals surface area contributed by atoms with Crippen LogP contribution in [0, 0.1) is 5.82 Å². The Morgan fingerprint density at radius 1 is 1.57 bits per heavy atom. The van der Waals surface area contributed by atoms with Gasteiger partial charge in [0.25, 0.3) is 0 Å². The van der Waals surface area contributed by atoms with Gasteiger partial charge in [0.2, 0.25) is 5.91 Å². The lowest BCUT2D eigenvalue weighted by molar-refractivity contribution is -0.120. The van der Waals surface area contributed by atoms with E-state index in [1.165, 1.54) is 6.07 Å². The zero-order valence-electron chi connectivity index (χ0n) is 7.96. The maximum absolute atomic E-state index is 13.2. The number of benzene rings is 1. The second-order valence-electron chi connectivity index (χ2n) is 3.01. The van der Waals surface area contributed by atoms with Gasteiger partial charge in [-0.05, 0) is 13.0 Å². The van der Waals surface area contributed by atoms with Gasteiger partial charge in [0.1, 0.15) is 5.82 Å². The highest BCUT2D eigenvalue weighted by Crippen LogP contribution is 2.15. The van der Waals surface area contributed by atoms with Gasteiger partial charge < -0.3 is 11.1 Å². The van der Waals surface area contributed by atoms with Crippen LogP contribution in [0.5, 0.6) is 0 Å². The van der Waals surface area contributed by atoms with Crippen molar-refractivity contribution >= 4 is 5.91 Å². The molecule has 1 aromatic rings. The fourth-order valence-electron chi connectivity index (χ4n) is 1.20. The summed E-state index contributed by atoms with van der Waals surface area (Å²) in [5.41, 5.74) is 5.60. The summed E-state index contributed by atoms with van der Waals surface area (Å²) in [5, 5.41) is 2.58. The molecule has 0 saturated heterocycles. The molecule has 0 aliphatic carbocycles. The normalized spacial score (nSPS) is 12.2. The molecule has 0 spiro atoms. The van der Waals surface area contributed by atoms with Gasteiger partial charge in [0, 0.05) is 5.56 Å². The molecule has 0 saturated carbocycles. The fourth-order valence-corrected chi connectivity index (χ4v) is 1.20. The third kappa shape index (κ3) is 2.53. The van der Waals surface area contributed by atoms with Crippen LogP contribution in [0.2, 0.25) is 0 Å². The fraction of sp³-hybridized carbons (Fsp3) is 0.300. The summed E-state index contributed by atoms with van der Waals surface area (Å²) in [6.07, 6.45) is 0. The van der Waals surface area contributed by atoms with Crippen molar-refractivity contribution in [2.45, 2.75) is 13.0 Å². The largest absolute Gasteiger partial charge is 0.348 e. The lowest BCUT2D eigenvalue weighted by Crippen LogP contribution is -2.32. The molecule has 14 heavy (non-hydrogen) atoms. The minimum Gasteiger partial charge on any atom is -0.348 e. The Hall–Kier alpha value is -1.42. The summed E-state index contributed by atoms with van der Waals surface area (Å²) in [7, 11) is 0. The van der Waals surface area contributed by atoms with E-state index in [2.05, 4.69) is 5.32 Å². The van der Waals surface area contributed by atoms with Crippen molar-refractivity contribution in [3.05, 3.63) is 35.6 Å². The van der Waals surface area contributed by atoms with Gasteiger partial charge in [-0.3, -0.25) is 4.79 Å². The summed E-state index contributed by atoms with van der Waals surface area (Å²) >= 11 is 0. The molecule has 3 N–H and O–H groups in total. The Kier molecular flexibility index (Phi) is 3.59. The SMILES string of the molecule is C[C@@H](NC(=O)CN)c1ccccc1F. The number of nitrogens with one attached hydrogen (secondary N) is 1. The van der Waals surface area contributed by atoms with Gasteiger partial charge in [0.05, 0.1) is 12.6 Å². The predicted octanol–water partition coefficient (Wildman–Crippen LogP) is 0.962. The highest BCUT2D eigenvalue weighted by atomic mass is 19.1. The van der Waals surface area contributed by atoms with Crippen molar-refractivity contribution in [3.63, 3.8) is 0 Å². The van der Waals surface area contributed by atoms with Gasteiger partial charge >= 0.3 is 0 Å². The summed E-state index contributed by atoms with van der Waals surface area (Å²) in [5.74, 6) is -0.613. The van der Waals surface area contributed by atoms with Crippen molar-refractivity contribution in [1.29, 1.82) is 0 Å². The Morgan fingerprint density at radius 3 is 2.79 bits per heavy atom. The molecule has 76 valence electrons. The first-order valence-corrected chi connectivity index (χ1v) is 4.39. The Labute approximate surface area is 82.1 Å². The minimum atomic E-state index is -0.354. The Bertz CT molecular complexity index is 328. The van der Waals surface area contributed by atoms with Gasteiger partial charge in [-0.15, -0.1) is 0 Å². The standard InChI is InChI=1S/C10H13FN2O/c1-7(13-10(14)6-12)8-4-2-3-5-9(8)11/h2-5,7H,6,12H2,1H3,(H,13,14)/t7-/m1/s1. The van der Waals surface area contributed by atoms with Crippen molar-refractivity contribution in [2.75, 3.05) is 6.54 Å². The quantitative estimate of drug-likeness (QED) is 0.756. The molecule has 0 aliphatic rings. The third-order valence-electron chi connectivity index (χ3n) is 1.93. The molecule has 1 aromatic carbocycles. The first-order chi connectivity index (χ1) is 6.65. The average Bonchev–Trinajstić information content (AvgIpc) is 2.18. The first kappa shape index (κ1) is 10.7. The molecule has 1 amide bonds. The van der Waals surface area contributed by atoms with Crippen LogP contribution in [-0.2, 0) is 4.79 Å². The number of halogens is 1. The van der Waals surface area contributed by atoms with Gasteiger partial charge in [-0.2, -0.15) is 0 Å². The topological polar surface area (TPSA) is 55.1 Å². The zero-order valence-corrected chi connectivity index (χ0v) is 7.96. The van der Waals surface area contributed by atoms with E-state index in [1.54, 1.807) is 25.1 Å². The minimum absolute atomic E-state index is 0.0845. The number of rotatable bonds is 3. The highest BCUT2D eigenvalue weighted by molar-refractivity contribution is 5.78. The summed E-state index contributed by atoms with van der Waals surface area (Å²) in [6, 6.07) is 5.98. The van der Waals surface area contributed by atoms with E-state index in [0.717, 1.165) is 0 Å².